The van der Waals surface area contributed by atoms with E-state index in [1.165, 1.54) is 24.3 Å². The van der Waals surface area contributed by atoms with E-state index in [1.807, 2.05) is 0 Å². The van der Waals surface area contributed by atoms with Crippen molar-refractivity contribution in [3.8, 4) is 0 Å². The van der Waals surface area contributed by atoms with Crippen molar-refractivity contribution in [2.24, 2.45) is 0 Å². The standard InChI is InChI=1S/C23H28N4O6S/c1-3-33-23(30)27-13-11-17(12-14-27)25-22(29)20-6-4-5-19(26-20)21(28)24-15-16-7-9-18(10-8-16)34(2,31)32/h4-10,17H,3,11-15H2,1-2H3,(H,24,28)(H,25,29). The second-order valence-corrected chi connectivity index (χ2v) is 9.96. The van der Waals surface area contributed by atoms with Gasteiger partial charge in [0, 0.05) is 31.9 Å². The van der Waals surface area contributed by atoms with E-state index >= 15 is 0 Å². The zero-order valence-corrected chi connectivity index (χ0v) is 19.9. The second kappa shape index (κ2) is 11.1. The highest BCUT2D eigenvalue weighted by Crippen LogP contribution is 2.13. The number of ether oxygens (including phenoxy) is 1. The quantitative estimate of drug-likeness (QED) is 0.606. The third-order valence-corrected chi connectivity index (χ3v) is 6.50. The van der Waals surface area contributed by atoms with Gasteiger partial charge in [0.1, 0.15) is 11.4 Å². The lowest BCUT2D eigenvalue weighted by atomic mass is 10.1. The topological polar surface area (TPSA) is 135 Å². The number of aromatic nitrogens is 1. The molecule has 0 radical (unpaired) electrons. The summed E-state index contributed by atoms with van der Waals surface area (Å²) in [6.45, 7) is 3.24. The highest BCUT2D eigenvalue weighted by Gasteiger charge is 2.25. The van der Waals surface area contributed by atoms with Crippen molar-refractivity contribution in [1.29, 1.82) is 0 Å². The Morgan fingerprint density at radius 3 is 2.24 bits per heavy atom. The molecule has 2 N–H and O–H groups in total. The van der Waals surface area contributed by atoms with Crippen LogP contribution in [0.3, 0.4) is 0 Å². The van der Waals surface area contributed by atoms with Crippen LogP contribution in [0.4, 0.5) is 4.79 Å². The molecule has 1 saturated heterocycles. The molecular weight excluding hydrogens is 460 g/mol. The van der Waals surface area contributed by atoms with Crippen LogP contribution in [-0.2, 0) is 21.1 Å². The van der Waals surface area contributed by atoms with Gasteiger partial charge in [-0.15, -0.1) is 0 Å². The number of benzene rings is 1. The molecule has 2 aromatic rings. The van der Waals surface area contributed by atoms with Gasteiger partial charge in [0.25, 0.3) is 11.8 Å². The minimum Gasteiger partial charge on any atom is -0.450 e. The van der Waals surface area contributed by atoms with Gasteiger partial charge in [-0.1, -0.05) is 18.2 Å². The Bertz CT molecular complexity index is 1140. The van der Waals surface area contributed by atoms with Crippen LogP contribution < -0.4 is 10.6 Å². The third-order valence-electron chi connectivity index (χ3n) is 5.38. The number of hydrogen-bond acceptors (Lipinski definition) is 7. The van der Waals surface area contributed by atoms with Crippen molar-refractivity contribution in [2.75, 3.05) is 26.0 Å². The summed E-state index contributed by atoms with van der Waals surface area (Å²) in [7, 11) is -3.28. The molecule has 34 heavy (non-hydrogen) atoms. The highest BCUT2D eigenvalue weighted by molar-refractivity contribution is 7.90. The zero-order valence-electron chi connectivity index (χ0n) is 19.1. The Morgan fingerprint density at radius 2 is 1.65 bits per heavy atom. The normalized spacial score (nSPS) is 14.4. The molecule has 3 amide bonds. The number of likely N-dealkylation sites (tertiary alicyclic amines) is 1. The van der Waals surface area contributed by atoms with Crippen LogP contribution in [0.5, 0.6) is 0 Å². The van der Waals surface area contributed by atoms with Crippen LogP contribution >= 0.6 is 0 Å². The van der Waals surface area contributed by atoms with E-state index in [1.54, 1.807) is 30.0 Å². The lowest BCUT2D eigenvalue weighted by Gasteiger charge is -2.31. The van der Waals surface area contributed by atoms with E-state index in [4.69, 9.17) is 4.74 Å². The summed E-state index contributed by atoms with van der Waals surface area (Å²) in [4.78, 5) is 42.9. The number of piperidine rings is 1. The van der Waals surface area contributed by atoms with Gasteiger partial charge >= 0.3 is 6.09 Å². The number of nitrogens with zero attached hydrogens (tertiary/aromatic N) is 2. The van der Waals surface area contributed by atoms with E-state index in [0.29, 0.717) is 32.5 Å². The molecule has 0 unspecified atom stereocenters. The maximum Gasteiger partial charge on any atom is 0.409 e. The molecule has 0 bridgehead atoms. The van der Waals surface area contributed by atoms with Crippen LogP contribution in [-0.4, -0.2) is 68.2 Å². The van der Waals surface area contributed by atoms with E-state index < -0.39 is 15.7 Å². The first kappa shape index (κ1) is 25.2. The molecule has 11 heteroatoms. The second-order valence-electron chi connectivity index (χ2n) is 7.94. The van der Waals surface area contributed by atoms with Crippen molar-refractivity contribution >= 4 is 27.7 Å². The highest BCUT2D eigenvalue weighted by atomic mass is 32.2. The molecule has 1 aromatic carbocycles. The predicted molar refractivity (Wildman–Crippen MR) is 124 cm³/mol. The first-order valence-electron chi connectivity index (χ1n) is 10.9. The smallest absolute Gasteiger partial charge is 0.409 e. The summed E-state index contributed by atoms with van der Waals surface area (Å²) in [5.74, 6) is -0.842. The van der Waals surface area contributed by atoms with Gasteiger partial charge in [0.05, 0.1) is 11.5 Å². The Labute approximate surface area is 198 Å². The number of carbonyl (C=O) groups excluding carboxylic acids is 3. The molecule has 1 aromatic heterocycles. The Balaban J connectivity index is 1.53. The molecule has 3 rings (SSSR count). The SMILES string of the molecule is CCOC(=O)N1CCC(NC(=O)c2cccc(C(=O)NCc3ccc(S(C)(=O)=O)cc3)n2)CC1. The monoisotopic (exact) mass is 488 g/mol. The number of rotatable bonds is 7. The summed E-state index contributed by atoms with van der Waals surface area (Å²) in [6.07, 6.45) is 1.98. The molecular formula is C23H28N4O6S. The fourth-order valence-corrected chi connectivity index (χ4v) is 4.13. The predicted octanol–water partition coefficient (Wildman–Crippen LogP) is 1.77. The Morgan fingerprint density at radius 1 is 1.03 bits per heavy atom. The lowest BCUT2D eigenvalue weighted by Crippen LogP contribution is -2.46. The van der Waals surface area contributed by atoms with Gasteiger partial charge in [0.15, 0.2) is 9.84 Å². The summed E-state index contributed by atoms with van der Waals surface area (Å²) in [5, 5.41) is 5.62. The van der Waals surface area contributed by atoms with Crippen LogP contribution in [0, 0.1) is 0 Å². The van der Waals surface area contributed by atoms with Gasteiger partial charge in [0.2, 0.25) is 0 Å². The summed E-state index contributed by atoms with van der Waals surface area (Å²) in [6, 6.07) is 10.7. The van der Waals surface area contributed by atoms with E-state index in [2.05, 4.69) is 15.6 Å². The molecule has 1 fully saturated rings. The number of sulfone groups is 1. The lowest BCUT2D eigenvalue weighted by molar-refractivity contribution is 0.0856. The van der Waals surface area contributed by atoms with E-state index in [-0.39, 0.29) is 40.9 Å². The Kier molecular flexibility index (Phi) is 8.21. The summed E-state index contributed by atoms with van der Waals surface area (Å²) >= 11 is 0. The average Bonchev–Trinajstić information content (AvgIpc) is 2.83. The van der Waals surface area contributed by atoms with Gasteiger partial charge in [-0.3, -0.25) is 9.59 Å². The van der Waals surface area contributed by atoms with Crippen molar-refractivity contribution in [3.05, 3.63) is 59.4 Å². The zero-order chi connectivity index (χ0) is 24.7. The minimum atomic E-state index is -3.28. The van der Waals surface area contributed by atoms with E-state index in [0.717, 1.165) is 11.8 Å². The van der Waals surface area contributed by atoms with Crippen molar-refractivity contribution in [2.45, 2.75) is 37.2 Å². The molecule has 0 spiro atoms. The number of nitrogens with one attached hydrogen (secondary N) is 2. The first-order valence-corrected chi connectivity index (χ1v) is 12.8. The summed E-state index contributed by atoms with van der Waals surface area (Å²) < 4.78 is 28.1. The maximum absolute atomic E-state index is 12.6. The summed E-state index contributed by atoms with van der Waals surface area (Å²) in [5.41, 5.74) is 0.944. The molecule has 0 saturated carbocycles. The molecule has 1 aliphatic rings. The van der Waals surface area contributed by atoms with Crippen LogP contribution in [0.1, 0.15) is 46.3 Å². The maximum atomic E-state index is 12.6. The molecule has 0 aliphatic carbocycles. The fourth-order valence-electron chi connectivity index (χ4n) is 3.50. The molecule has 10 nitrogen and oxygen atoms in total. The number of hydrogen-bond donors (Lipinski definition) is 2. The van der Waals surface area contributed by atoms with Crippen molar-refractivity contribution < 1.29 is 27.5 Å². The fraction of sp³-hybridized carbons (Fsp3) is 0.391. The largest absolute Gasteiger partial charge is 0.450 e. The van der Waals surface area contributed by atoms with Gasteiger partial charge in [-0.2, -0.15) is 0 Å². The molecule has 182 valence electrons. The van der Waals surface area contributed by atoms with Gasteiger partial charge < -0.3 is 20.3 Å². The third kappa shape index (κ3) is 6.77. The number of amides is 3. The first-order chi connectivity index (χ1) is 16.2. The molecule has 2 heterocycles. The van der Waals surface area contributed by atoms with Crippen molar-refractivity contribution in [1.82, 2.24) is 20.5 Å². The van der Waals surface area contributed by atoms with Crippen molar-refractivity contribution in [3.63, 3.8) is 0 Å². The average molecular weight is 489 g/mol. The molecule has 1 aliphatic heterocycles. The van der Waals surface area contributed by atoms with Crippen LogP contribution in [0.15, 0.2) is 47.4 Å². The minimum absolute atomic E-state index is 0.0949. The molecule has 0 atom stereocenters. The van der Waals surface area contributed by atoms with Crippen LogP contribution in [0.25, 0.3) is 0 Å². The Hall–Kier alpha value is -3.47. The number of carbonyl (C=O) groups is 3. The van der Waals surface area contributed by atoms with Gasteiger partial charge in [-0.25, -0.2) is 18.2 Å². The van der Waals surface area contributed by atoms with Gasteiger partial charge in [-0.05, 0) is 49.6 Å². The number of pyridine rings is 1. The van der Waals surface area contributed by atoms with E-state index in [9.17, 15) is 22.8 Å². The van der Waals surface area contributed by atoms with Crippen LogP contribution in [0.2, 0.25) is 0 Å².